The summed E-state index contributed by atoms with van der Waals surface area (Å²) in [5, 5.41) is 0. The van der Waals surface area contributed by atoms with E-state index in [1.165, 1.54) is 0 Å². The number of hydrogen-bond donors (Lipinski definition) is 0. The van der Waals surface area contributed by atoms with Crippen LogP contribution in [0.15, 0.2) is 0 Å². The van der Waals surface area contributed by atoms with Gasteiger partial charge in [-0.05, 0) is 32.6 Å². The normalized spacial score (nSPS) is 13.6. The van der Waals surface area contributed by atoms with Crippen molar-refractivity contribution in [3.63, 3.8) is 0 Å². The lowest BCUT2D eigenvalue weighted by atomic mass is 10.0. The van der Waals surface area contributed by atoms with Crippen molar-refractivity contribution in [2.24, 2.45) is 5.92 Å². The molecule has 0 aliphatic rings. The maximum absolute atomic E-state index is 5.62. The van der Waals surface area contributed by atoms with Crippen molar-refractivity contribution < 1.29 is 9.47 Å². The van der Waals surface area contributed by atoms with Crippen LogP contribution in [-0.2, 0) is 9.47 Å². The van der Waals surface area contributed by atoms with Crippen LogP contribution in [0.3, 0.4) is 0 Å². The molecule has 0 N–H and O–H groups in total. The molecule has 1 atom stereocenters. The van der Waals surface area contributed by atoms with Crippen LogP contribution in [0.4, 0.5) is 0 Å². The first-order chi connectivity index (χ1) is 6.20. The van der Waals surface area contributed by atoms with Crippen molar-refractivity contribution in [1.29, 1.82) is 0 Å². The summed E-state index contributed by atoms with van der Waals surface area (Å²) < 4.78 is 10.9. The molecule has 0 saturated carbocycles. The van der Waals surface area contributed by atoms with Crippen LogP contribution in [0, 0.1) is 5.92 Å². The Bertz CT molecular complexity index is 102. The van der Waals surface area contributed by atoms with Crippen LogP contribution in [0.5, 0.6) is 0 Å². The maximum atomic E-state index is 5.62. The predicted octanol–water partition coefficient (Wildman–Crippen LogP) is 2.86. The molecule has 13 heavy (non-hydrogen) atoms. The van der Waals surface area contributed by atoms with Crippen LogP contribution < -0.4 is 0 Å². The zero-order chi connectivity index (χ0) is 10.1. The Morgan fingerprint density at radius 2 is 1.77 bits per heavy atom. The first kappa shape index (κ1) is 12.9. The van der Waals surface area contributed by atoms with Gasteiger partial charge in [0.15, 0.2) is 0 Å². The number of rotatable bonds is 8. The van der Waals surface area contributed by atoms with Crippen LogP contribution in [-0.4, -0.2) is 25.9 Å². The van der Waals surface area contributed by atoms with Crippen molar-refractivity contribution in [2.75, 3.05) is 19.8 Å². The molecule has 0 fully saturated rings. The Labute approximate surface area is 82.6 Å². The lowest BCUT2D eigenvalue weighted by Gasteiger charge is -2.18. The Balaban J connectivity index is 3.53. The minimum Gasteiger partial charge on any atom is -0.382 e. The van der Waals surface area contributed by atoms with Crippen molar-refractivity contribution in [1.82, 2.24) is 0 Å². The Morgan fingerprint density at radius 3 is 2.23 bits per heavy atom. The molecule has 0 aliphatic heterocycles. The summed E-state index contributed by atoms with van der Waals surface area (Å²) in [5.74, 6) is 0.707. The summed E-state index contributed by atoms with van der Waals surface area (Å²) >= 11 is 0. The van der Waals surface area contributed by atoms with Crippen molar-refractivity contribution >= 4 is 0 Å². The molecule has 0 aliphatic carbocycles. The van der Waals surface area contributed by atoms with E-state index in [9.17, 15) is 0 Å². The topological polar surface area (TPSA) is 18.5 Å². The highest BCUT2D eigenvalue weighted by molar-refractivity contribution is 4.60. The third kappa shape index (κ3) is 8.26. The molecule has 80 valence electrons. The van der Waals surface area contributed by atoms with Gasteiger partial charge in [0.2, 0.25) is 0 Å². The Kier molecular flexibility index (Phi) is 8.46. The summed E-state index contributed by atoms with van der Waals surface area (Å²) in [6.07, 6.45) is 2.55. The summed E-state index contributed by atoms with van der Waals surface area (Å²) in [6, 6.07) is 0. The van der Waals surface area contributed by atoms with E-state index in [1.807, 2.05) is 13.8 Å². The molecule has 0 aromatic rings. The average molecular weight is 188 g/mol. The molecule has 0 heterocycles. The molecule has 1 unspecified atom stereocenters. The molecule has 0 aromatic heterocycles. The molecular formula is C11H24O2. The lowest BCUT2D eigenvalue weighted by Crippen LogP contribution is -2.18. The number of hydrogen-bond acceptors (Lipinski definition) is 2. The van der Waals surface area contributed by atoms with Crippen molar-refractivity contribution in [3.05, 3.63) is 0 Å². The van der Waals surface area contributed by atoms with Crippen molar-refractivity contribution in [3.8, 4) is 0 Å². The van der Waals surface area contributed by atoms with Crippen LogP contribution in [0.1, 0.15) is 40.5 Å². The number of ether oxygens (including phenoxy) is 2. The van der Waals surface area contributed by atoms with Crippen LogP contribution in [0.2, 0.25) is 0 Å². The predicted molar refractivity (Wildman–Crippen MR) is 56.0 cm³/mol. The fourth-order valence-electron chi connectivity index (χ4n) is 1.39. The molecule has 0 rings (SSSR count). The molecule has 2 heteroatoms. The van der Waals surface area contributed by atoms with Gasteiger partial charge >= 0.3 is 0 Å². The van der Waals surface area contributed by atoms with Gasteiger partial charge in [0.25, 0.3) is 0 Å². The van der Waals surface area contributed by atoms with Gasteiger partial charge in [-0.15, -0.1) is 0 Å². The standard InChI is InChI=1S/C11H24O2/c1-5-12-8-7-11(13-6-2)9-10(3)4/h10-11H,5-9H2,1-4H3. The largest absolute Gasteiger partial charge is 0.382 e. The first-order valence-electron chi connectivity index (χ1n) is 5.40. The van der Waals surface area contributed by atoms with Gasteiger partial charge in [0.05, 0.1) is 6.10 Å². The van der Waals surface area contributed by atoms with E-state index in [1.54, 1.807) is 0 Å². The SMILES string of the molecule is CCOCCC(CC(C)C)OCC. The summed E-state index contributed by atoms with van der Waals surface area (Å²) in [4.78, 5) is 0. The summed E-state index contributed by atoms with van der Waals surface area (Å²) in [5.41, 5.74) is 0. The fourth-order valence-corrected chi connectivity index (χ4v) is 1.39. The van der Waals surface area contributed by atoms with Gasteiger partial charge in [-0.3, -0.25) is 0 Å². The van der Waals surface area contributed by atoms with Gasteiger partial charge in [0.1, 0.15) is 0 Å². The minimum atomic E-state index is 0.386. The highest BCUT2D eigenvalue weighted by Gasteiger charge is 2.10. The van der Waals surface area contributed by atoms with E-state index in [4.69, 9.17) is 9.47 Å². The van der Waals surface area contributed by atoms with Gasteiger partial charge in [-0.25, -0.2) is 0 Å². The second-order valence-corrected chi connectivity index (χ2v) is 3.69. The molecule has 0 bridgehead atoms. The van der Waals surface area contributed by atoms with E-state index in [-0.39, 0.29) is 0 Å². The van der Waals surface area contributed by atoms with Gasteiger partial charge in [0, 0.05) is 19.8 Å². The quantitative estimate of drug-likeness (QED) is 0.545. The fraction of sp³-hybridized carbons (Fsp3) is 1.00. The van der Waals surface area contributed by atoms with Gasteiger partial charge in [-0.2, -0.15) is 0 Å². The van der Waals surface area contributed by atoms with E-state index in [0.717, 1.165) is 32.7 Å². The van der Waals surface area contributed by atoms with E-state index < -0.39 is 0 Å². The highest BCUT2D eigenvalue weighted by atomic mass is 16.5. The molecule has 0 radical (unpaired) electrons. The second-order valence-electron chi connectivity index (χ2n) is 3.69. The van der Waals surface area contributed by atoms with Crippen molar-refractivity contribution in [2.45, 2.75) is 46.6 Å². The van der Waals surface area contributed by atoms with Crippen LogP contribution >= 0.6 is 0 Å². The third-order valence-electron chi connectivity index (χ3n) is 1.92. The van der Waals surface area contributed by atoms with Crippen LogP contribution in [0.25, 0.3) is 0 Å². The molecular weight excluding hydrogens is 164 g/mol. The Morgan fingerprint density at radius 1 is 1.08 bits per heavy atom. The van der Waals surface area contributed by atoms with E-state index >= 15 is 0 Å². The molecule has 0 spiro atoms. The molecule has 0 amide bonds. The summed E-state index contributed by atoms with van der Waals surface area (Å²) in [7, 11) is 0. The zero-order valence-corrected chi connectivity index (χ0v) is 9.51. The first-order valence-corrected chi connectivity index (χ1v) is 5.40. The third-order valence-corrected chi connectivity index (χ3v) is 1.92. The maximum Gasteiger partial charge on any atom is 0.0599 e. The lowest BCUT2D eigenvalue weighted by molar-refractivity contribution is 0.0184. The monoisotopic (exact) mass is 188 g/mol. The smallest absolute Gasteiger partial charge is 0.0599 e. The Hall–Kier alpha value is -0.0800. The zero-order valence-electron chi connectivity index (χ0n) is 9.51. The van der Waals surface area contributed by atoms with E-state index in [2.05, 4.69) is 13.8 Å². The molecule has 0 saturated heterocycles. The second kappa shape index (κ2) is 8.52. The van der Waals surface area contributed by atoms with E-state index in [0.29, 0.717) is 12.0 Å². The minimum absolute atomic E-state index is 0.386. The summed E-state index contributed by atoms with van der Waals surface area (Å²) in [6.45, 7) is 11.0. The molecule has 2 nitrogen and oxygen atoms in total. The van der Waals surface area contributed by atoms with Gasteiger partial charge < -0.3 is 9.47 Å². The highest BCUT2D eigenvalue weighted by Crippen LogP contribution is 2.11. The average Bonchev–Trinajstić information content (AvgIpc) is 2.04. The van der Waals surface area contributed by atoms with Gasteiger partial charge in [-0.1, -0.05) is 13.8 Å². The molecule has 0 aromatic carbocycles.